The number of hydrogen-bond acceptors (Lipinski definition) is 36. The second kappa shape index (κ2) is 32.0. The fraction of sp³-hybridized carbons (Fsp3) is 0.860. The summed E-state index contributed by atoms with van der Waals surface area (Å²) in [6.07, 6.45) is -68.6. The van der Waals surface area contributed by atoms with Crippen LogP contribution in [0.4, 0.5) is 0 Å². The zero-order valence-corrected chi connectivity index (χ0v) is 49.2. The Hall–Kier alpha value is -4.87. The third-order valence-corrected chi connectivity index (χ3v) is 16.1. The van der Waals surface area contributed by atoms with Crippen LogP contribution in [0.2, 0.25) is 0 Å². The molecule has 0 aromatic rings. The molecule has 532 valence electrons. The molecule has 7 fully saturated rings. The van der Waals surface area contributed by atoms with Crippen molar-refractivity contribution >= 4 is 41.5 Å². The van der Waals surface area contributed by atoms with Gasteiger partial charge in [0.1, 0.15) is 152 Å². The molecule has 0 bridgehead atoms. The Balaban J connectivity index is 1.11. The van der Waals surface area contributed by atoms with Gasteiger partial charge in [-0.15, -0.1) is 0 Å². The Morgan fingerprint density at radius 1 is 0.290 bits per heavy atom. The van der Waals surface area contributed by atoms with Crippen LogP contribution in [0.15, 0.2) is 0 Å². The molecular formula is C50H78N4O39. The van der Waals surface area contributed by atoms with Crippen molar-refractivity contribution in [2.75, 3.05) is 26.4 Å². The molecule has 7 aliphatic rings. The number of aliphatic hydroxyl groups excluding tert-OH is 16. The summed E-state index contributed by atoms with van der Waals surface area (Å²) in [7, 11) is 0. The van der Waals surface area contributed by atoms with Gasteiger partial charge in [-0.2, -0.15) is 0 Å². The van der Waals surface area contributed by atoms with Gasteiger partial charge >= 0.3 is 17.9 Å². The van der Waals surface area contributed by atoms with Gasteiger partial charge in [-0.05, 0) is 0 Å². The number of hydrogen-bond donors (Lipinski definition) is 23. The number of carbonyl (C=O) groups excluding carboxylic acids is 4. The van der Waals surface area contributed by atoms with E-state index >= 15 is 0 Å². The lowest BCUT2D eigenvalue weighted by Crippen LogP contribution is -2.71. The Kier molecular flexibility index (Phi) is 26.0. The van der Waals surface area contributed by atoms with Crippen molar-refractivity contribution < 1.29 is 192 Å². The van der Waals surface area contributed by atoms with Crippen LogP contribution < -0.4 is 21.3 Å². The van der Waals surface area contributed by atoms with E-state index in [0.717, 1.165) is 27.7 Å². The van der Waals surface area contributed by atoms with E-state index in [-0.39, 0.29) is 0 Å². The fourth-order valence-corrected chi connectivity index (χ4v) is 11.5. The summed E-state index contributed by atoms with van der Waals surface area (Å²) in [6.45, 7) is -0.590. The molecule has 7 rings (SSSR count). The minimum absolute atomic E-state index is 0.821. The highest BCUT2D eigenvalue weighted by molar-refractivity contribution is 5.76. The van der Waals surface area contributed by atoms with Crippen molar-refractivity contribution in [3.63, 3.8) is 0 Å². The van der Waals surface area contributed by atoms with Crippen LogP contribution in [0.1, 0.15) is 27.7 Å². The summed E-state index contributed by atoms with van der Waals surface area (Å²) in [5.41, 5.74) is 0. The van der Waals surface area contributed by atoms with Crippen LogP contribution in [0.25, 0.3) is 0 Å². The predicted octanol–water partition coefficient (Wildman–Crippen LogP) is -15.4. The van der Waals surface area contributed by atoms with Crippen molar-refractivity contribution in [2.45, 2.75) is 242 Å². The molecule has 7 saturated heterocycles. The van der Waals surface area contributed by atoms with E-state index in [1.807, 2.05) is 0 Å². The summed E-state index contributed by atoms with van der Waals surface area (Å²) in [6, 6.07) is -7.50. The van der Waals surface area contributed by atoms with E-state index in [2.05, 4.69) is 21.3 Å². The second-order valence-corrected chi connectivity index (χ2v) is 22.6. The first-order valence-electron chi connectivity index (χ1n) is 28.6. The maximum atomic E-state index is 13.1. The summed E-state index contributed by atoms with van der Waals surface area (Å²) in [5.74, 6) is -9.72. The highest BCUT2D eigenvalue weighted by atomic mass is 16.8. The zero-order valence-electron chi connectivity index (χ0n) is 49.2. The Bertz CT molecular complexity index is 2570. The SMILES string of the molecule is CC(=O)N[C@@H]1[C@@H](O[C@@H]2O[C@H](C(=O)O)[C@@H](O[C@@H]3O[C@H](CO)[C@@H](O)[C@H](O[C@@H]4O[C@H](C(=O)O)[C@@H](O[C@@H]5O[C@H](CO)[C@@H](O)[C@H](O[C@@H]6O[C@H](C(=O)O)[C@@H](O[C@@H]7O[C@H](CO)[C@@H](O)[C@H](O)[C@H]7NC(C)=O)[C@H](O)[C@H]6O)[C@H]5NC(C)=O)[C@H](O)[C@H]4O)[C@H]3NC(C)=O)[C@H](O)[C@H]2O)[C@H](O)[C@@H](CO)O[C@H]1O. The zero-order chi connectivity index (χ0) is 69.1. The van der Waals surface area contributed by atoms with Gasteiger partial charge in [0.25, 0.3) is 0 Å². The van der Waals surface area contributed by atoms with E-state index in [4.69, 9.17) is 61.6 Å². The lowest BCUT2D eigenvalue weighted by molar-refractivity contribution is -0.379. The first kappa shape index (κ1) is 75.5. The molecule has 0 saturated carbocycles. The molecule has 43 heteroatoms. The number of carboxylic acids is 3. The van der Waals surface area contributed by atoms with Crippen LogP contribution in [0, 0.1) is 0 Å². The van der Waals surface area contributed by atoms with Crippen molar-refractivity contribution in [1.82, 2.24) is 21.3 Å². The summed E-state index contributed by atoms with van der Waals surface area (Å²) >= 11 is 0. The molecule has 7 heterocycles. The molecule has 0 aliphatic carbocycles. The third-order valence-electron chi connectivity index (χ3n) is 16.1. The second-order valence-electron chi connectivity index (χ2n) is 22.6. The van der Waals surface area contributed by atoms with Gasteiger partial charge < -0.3 is 180 Å². The molecule has 0 unspecified atom stereocenters. The van der Waals surface area contributed by atoms with Gasteiger partial charge in [0.15, 0.2) is 62.3 Å². The molecule has 0 aromatic carbocycles. The molecule has 35 atom stereocenters. The van der Waals surface area contributed by atoms with Crippen LogP contribution in [0.5, 0.6) is 0 Å². The number of aliphatic carboxylic acids is 3. The Morgan fingerprint density at radius 3 is 0.828 bits per heavy atom. The number of carboxylic acid groups (broad SMARTS) is 3. The van der Waals surface area contributed by atoms with Crippen molar-refractivity contribution in [3.05, 3.63) is 0 Å². The minimum atomic E-state index is -2.60. The maximum Gasteiger partial charge on any atom is 0.335 e. The van der Waals surface area contributed by atoms with Crippen molar-refractivity contribution in [2.24, 2.45) is 0 Å². The Labute approximate surface area is 522 Å². The molecule has 43 nitrogen and oxygen atoms in total. The number of aliphatic hydroxyl groups is 16. The Morgan fingerprint density at radius 2 is 0.538 bits per heavy atom. The lowest BCUT2D eigenvalue weighted by Gasteiger charge is -2.50. The molecule has 0 aromatic heterocycles. The largest absolute Gasteiger partial charge is 0.479 e. The maximum absolute atomic E-state index is 13.1. The molecule has 7 aliphatic heterocycles. The average molecular weight is 1360 g/mol. The molecule has 93 heavy (non-hydrogen) atoms. The number of carbonyl (C=O) groups is 7. The third kappa shape index (κ3) is 16.6. The monoisotopic (exact) mass is 1360 g/mol. The smallest absolute Gasteiger partial charge is 0.335 e. The summed E-state index contributed by atoms with van der Waals surface area (Å²) in [5, 5.41) is 216. The molecule has 23 N–H and O–H groups in total. The molecule has 0 spiro atoms. The van der Waals surface area contributed by atoms with E-state index in [9.17, 15) is 131 Å². The number of ether oxygens (including phenoxy) is 13. The standard InChI is InChI=1S/C50H78N4O39/c1-9(59)51-17-25(67)21(63)13(5-55)82-45(17)88-35-26(68)30(72)49(92-38(35)41(74)75)86-33-19(53-11(3)61)47(84-15(7-57)23(33)65)90-37-28(70)31(73)50(93-40(37)43(78)79)87-34-20(54-12(4)62)46(83-16(8-58)24(34)66)89-36-27(69)29(71)48(91-39(36)42(76)77)85-32-18(52-10(2)60)44(80)81-14(6-56)22(32)64/h13-40,44-50,55-58,63-73,80H,5-8H2,1-4H3,(H,51,59)(H,52,60)(H,53,61)(H,54,62)(H,74,75)(H,76,77)(H,78,79)/t13-,14-,15-,16-,17-,18-,19-,20-,21-,22-,23-,24-,25-,26-,27-,28-,29-,30-,31-,32-,33-,34-,35+,36+,37+,38+,39+,40+,44-,45+,46+,47+,48-,49-,50-/m1/s1. The van der Waals surface area contributed by atoms with E-state index in [1.165, 1.54) is 0 Å². The number of rotatable bonds is 23. The normalized spacial score (nSPS) is 46.3. The molecule has 0 radical (unpaired) electrons. The van der Waals surface area contributed by atoms with Gasteiger partial charge in [-0.1, -0.05) is 0 Å². The number of nitrogens with one attached hydrogen (secondary N) is 4. The summed E-state index contributed by atoms with van der Waals surface area (Å²) in [4.78, 5) is 88.5. The van der Waals surface area contributed by atoms with E-state index in [1.54, 1.807) is 0 Å². The quantitative estimate of drug-likeness (QED) is 0.0452. The van der Waals surface area contributed by atoms with Crippen LogP contribution >= 0.6 is 0 Å². The van der Waals surface area contributed by atoms with Crippen molar-refractivity contribution in [1.29, 1.82) is 0 Å². The van der Waals surface area contributed by atoms with Gasteiger partial charge in [-0.25, -0.2) is 14.4 Å². The van der Waals surface area contributed by atoms with Crippen LogP contribution in [-0.4, -0.2) is 380 Å². The highest BCUT2D eigenvalue weighted by Gasteiger charge is 2.61. The van der Waals surface area contributed by atoms with Crippen LogP contribution in [0.3, 0.4) is 0 Å². The predicted molar refractivity (Wildman–Crippen MR) is 280 cm³/mol. The van der Waals surface area contributed by atoms with E-state index < -0.39 is 283 Å². The fourth-order valence-electron chi connectivity index (χ4n) is 11.5. The van der Waals surface area contributed by atoms with E-state index in [0.29, 0.717) is 0 Å². The van der Waals surface area contributed by atoms with Gasteiger partial charge in [0, 0.05) is 27.7 Å². The first-order chi connectivity index (χ1) is 43.7. The van der Waals surface area contributed by atoms with Crippen LogP contribution in [-0.2, 0) is 95.1 Å². The van der Waals surface area contributed by atoms with Gasteiger partial charge in [0.05, 0.1) is 26.4 Å². The van der Waals surface area contributed by atoms with Gasteiger partial charge in [-0.3, -0.25) is 19.2 Å². The van der Waals surface area contributed by atoms with Crippen molar-refractivity contribution in [3.8, 4) is 0 Å². The lowest BCUT2D eigenvalue weighted by atomic mass is 9.93. The first-order valence-corrected chi connectivity index (χ1v) is 28.6. The number of amides is 4. The van der Waals surface area contributed by atoms with Gasteiger partial charge in [0.2, 0.25) is 23.6 Å². The summed E-state index contributed by atoms with van der Waals surface area (Å²) < 4.78 is 73.2. The average Bonchev–Trinajstić information content (AvgIpc) is 1.24. The highest BCUT2D eigenvalue weighted by Crippen LogP contribution is 2.38. The molecular weight excluding hydrogens is 1280 g/mol. The molecule has 4 amide bonds. The minimum Gasteiger partial charge on any atom is -0.479 e. The topological polar surface area (TPSA) is 672 Å².